The molecule has 0 aliphatic carbocycles. The highest BCUT2D eigenvalue weighted by Crippen LogP contribution is 2.21. The summed E-state index contributed by atoms with van der Waals surface area (Å²) in [6, 6.07) is 7.20. The lowest BCUT2D eigenvalue weighted by Crippen LogP contribution is -2.36. The van der Waals surface area contributed by atoms with Crippen LogP contribution in [0.3, 0.4) is 0 Å². The summed E-state index contributed by atoms with van der Waals surface area (Å²) in [6.45, 7) is 3.19. The summed E-state index contributed by atoms with van der Waals surface area (Å²) >= 11 is 0. The molecule has 1 aromatic carbocycles. The van der Waals surface area contributed by atoms with Crippen LogP contribution in [0.5, 0.6) is 0 Å². The Balaban J connectivity index is 1.62. The Labute approximate surface area is 140 Å². The number of aromatic carboxylic acids is 1. The third-order valence-electron chi connectivity index (χ3n) is 4.38. The van der Waals surface area contributed by atoms with Gasteiger partial charge in [0.2, 0.25) is 5.91 Å². The van der Waals surface area contributed by atoms with Crippen LogP contribution in [0.2, 0.25) is 0 Å². The van der Waals surface area contributed by atoms with Crippen LogP contribution in [0, 0.1) is 6.92 Å². The molecule has 1 N–H and O–H groups in total. The van der Waals surface area contributed by atoms with Gasteiger partial charge in [-0.2, -0.15) is 0 Å². The molecule has 1 aromatic heterocycles. The summed E-state index contributed by atoms with van der Waals surface area (Å²) in [7, 11) is 0. The molecule has 2 heterocycles. The molecule has 3 rings (SSSR count). The standard InChI is InChI=1S/C19H20N2O3/c1-13-8-14(11-20-10-13)2-5-18(22)21-7-6-15-9-16(19(23)24)3-4-17(15)12-21/h3-4,8-11H,2,5-7,12H2,1H3,(H,23,24). The molecule has 5 nitrogen and oxygen atoms in total. The minimum atomic E-state index is -0.914. The minimum Gasteiger partial charge on any atom is -0.478 e. The van der Waals surface area contributed by atoms with Crippen LogP contribution in [0.15, 0.2) is 36.7 Å². The normalized spacial score (nSPS) is 13.5. The first kappa shape index (κ1) is 16.2. The van der Waals surface area contributed by atoms with Crippen LogP contribution < -0.4 is 0 Å². The lowest BCUT2D eigenvalue weighted by Gasteiger charge is -2.29. The Hall–Kier alpha value is -2.69. The van der Waals surface area contributed by atoms with Crippen LogP contribution >= 0.6 is 0 Å². The summed E-state index contributed by atoms with van der Waals surface area (Å²) in [6.07, 6.45) is 5.47. The van der Waals surface area contributed by atoms with E-state index in [4.69, 9.17) is 5.11 Å². The third-order valence-corrected chi connectivity index (χ3v) is 4.38. The minimum absolute atomic E-state index is 0.129. The second-order valence-corrected chi connectivity index (χ2v) is 6.22. The van der Waals surface area contributed by atoms with Crippen LogP contribution in [0.1, 0.15) is 39.0 Å². The van der Waals surface area contributed by atoms with E-state index in [2.05, 4.69) is 11.1 Å². The van der Waals surface area contributed by atoms with Gasteiger partial charge in [-0.05, 0) is 54.2 Å². The fourth-order valence-electron chi connectivity index (χ4n) is 3.06. The van der Waals surface area contributed by atoms with Crippen molar-refractivity contribution in [1.82, 2.24) is 9.88 Å². The molecular formula is C19H20N2O3. The van der Waals surface area contributed by atoms with Gasteiger partial charge < -0.3 is 10.0 Å². The highest BCUT2D eigenvalue weighted by atomic mass is 16.4. The predicted octanol–water partition coefficient (Wildman–Crippen LogP) is 2.61. The number of carboxylic acids is 1. The Kier molecular flexibility index (Phi) is 4.60. The van der Waals surface area contributed by atoms with Crippen LogP contribution in [-0.2, 0) is 24.2 Å². The van der Waals surface area contributed by atoms with Gasteiger partial charge in [-0.25, -0.2) is 4.79 Å². The van der Waals surface area contributed by atoms with E-state index in [1.54, 1.807) is 24.5 Å². The second kappa shape index (κ2) is 6.83. The Bertz CT molecular complexity index is 786. The molecule has 1 aliphatic heterocycles. The molecule has 1 amide bonds. The number of rotatable bonds is 4. The van der Waals surface area contributed by atoms with Gasteiger partial charge in [-0.3, -0.25) is 9.78 Å². The molecule has 1 aliphatic rings. The first-order chi connectivity index (χ1) is 11.5. The van der Waals surface area contributed by atoms with Crippen molar-refractivity contribution in [3.8, 4) is 0 Å². The summed E-state index contributed by atoms with van der Waals surface area (Å²) in [5, 5.41) is 9.05. The number of benzene rings is 1. The van der Waals surface area contributed by atoms with Gasteiger partial charge in [-0.15, -0.1) is 0 Å². The number of nitrogens with zero attached hydrogens (tertiary/aromatic N) is 2. The first-order valence-corrected chi connectivity index (χ1v) is 8.06. The number of aryl methyl sites for hydroxylation is 2. The molecule has 124 valence electrons. The SMILES string of the molecule is Cc1cncc(CCC(=O)N2CCc3cc(C(=O)O)ccc3C2)c1. The van der Waals surface area contributed by atoms with Gasteiger partial charge in [-0.1, -0.05) is 12.1 Å². The average molecular weight is 324 g/mol. The molecule has 0 unspecified atom stereocenters. The fourth-order valence-corrected chi connectivity index (χ4v) is 3.06. The van der Waals surface area contributed by atoms with Gasteiger partial charge in [0.25, 0.3) is 0 Å². The van der Waals surface area contributed by atoms with Gasteiger partial charge in [0.1, 0.15) is 0 Å². The Morgan fingerprint density at radius 3 is 2.79 bits per heavy atom. The van der Waals surface area contributed by atoms with Crippen molar-refractivity contribution in [2.45, 2.75) is 32.7 Å². The number of carbonyl (C=O) groups is 2. The van der Waals surface area contributed by atoms with Crippen LogP contribution in [-0.4, -0.2) is 33.4 Å². The Morgan fingerprint density at radius 2 is 2.04 bits per heavy atom. The summed E-state index contributed by atoms with van der Waals surface area (Å²) in [4.78, 5) is 29.5. The molecular weight excluding hydrogens is 304 g/mol. The van der Waals surface area contributed by atoms with Crippen molar-refractivity contribution in [2.75, 3.05) is 6.54 Å². The lowest BCUT2D eigenvalue weighted by atomic mass is 9.97. The molecule has 5 heteroatoms. The van der Waals surface area contributed by atoms with E-state index in [-0.39, 0.29) is 5.91 Å². The number of amides is 1. The smallest absolute Gasteiger partial charge is 0.335 e. The number of fused-ring (bicyclic) bond motifs is 1. The lowest BCUT2D eigenvalue weighted by molar-refractivity contribution is -0.132. The first-order valence-electron chi connectivity index (χ1n) is 8.06. The topological polar surface area (TPSA) is 70.5 Å². The molecule has 24 heavy (non-hydrogen) atoms. The zero-order valence-electron chi connectivity index (χ0n) is 13.7. The molecule has 0 bridgehead atoms. The van der Waals surface area contributed by atoms with Gasteiger partial charge in [0, 0.05) is 31.9 Å². The largest absolute Gasteiger partial charge is 0.478 e. The van der Waals surface area contributed by atoms with Crippen LogP contribution in [0.25, 0.3) is 0 Å². The monoisotopic (exact) mass is 324 g/mol. The number of carboxylic acid groups (broad SMARTS) is 1. The summed E-state index contributed by atoms with van der Waals surface area (Å²) < 4.78 is 0. The number of aromatic nitrogens is 1. The molecule has 0 fully saturated rings. The van der Waals surface area contributed by atoms with Crippen molar-refractivity contribution >= 4 is 11.9 Å². The molecule has 0 saturated heterocycles. The van der Waals surface area contributed by atoms with Gasteiger partial charge in [0.05, 0.1) is 5.56 Å². The summed E-state index contributed by atoms with van der Waals surface area (Å²) in [5.41, 5.74) is 4.55. The van der Waals surface area contributed by atoms with Crippen molar-refractivity contribution in [3.63, 3.8) is 0 Å². The van der Waals surface area contributed by atoms with Crippen molar-refractivity contribution < 1.29 is 14.7 Å². The zero-order valence-corrected chi connectivity index (χ0v) is 13.7. The third kappa shape index (κ3) is 3.62. The zero-order chi connectivity index (χ0) is 17.1. The molecule has 2 aromatic rings. The predicted molar refractivity (Wildman–Crippen MR) is 89.8 cm³/mol. The van der Waals surface area contributed by atoms with Crippen LogP contribution in [0.4, 0.5) is 0 Å². The number of pyridine rings is 1. The van der Waals surface area contributed by atoms with Crippen molar-refractivity contribution in [3.05, 3.63) is 64.5 Å². The van der Waals surface area contributed by atoms with Gasteiger partial charge >= 0.3 is 5.97 Å². The van der Waals surface area contributed by atoms with E-state index in [1.807, 2.05) is 17.9 Å². The highest BCUT2D eigenvalue weighted by molar-refractivity contribution is 5.88. The molecule has 0 radical (unpaired) electrons. The maximum Gasteiger partial charge on any atom is 0.335 e. The quantitative estimate of drug-likeness (QED) is 0.938. The van der Waals surface area contributed by atoms with Crippen molar-refractivity contribution in [2.24, 2.45) is 0 Å². The van der Waals surface area contributed by atoms with Gasteiger partial charge in [0.15, 0.2) is 0 Å². The maximum absolute atomic E-state index is 12.5. The van der Waals surface area contributed by atoms with Crippen molar-refractivity contribution in [1.29, 1.82) is 0 Å². The summed E-state index contributed by atoms with van der Waals surface area (Å²) in [5.74, 6) is -0.785. The Morgan fingerprint density at radius 1 is 1.21 bits per heavy atom. The van der Waals surface area contributed by atoms with E-state index < -0.39 is 5.97 Å². The number of hydrogen-bond acceptors (Lipinski definition) is 3. The number of carbonyl (C=O) groups excluding carboxylic acids is 1. The van der Waals surface area contributed by atoms with E-state index in [0.29, 0.717) is 37.9 Å². The highest BCUT2D eigenvalue weighted by Gasteiger charge is 2.21. The van der Waals surface area contributed by atoms with E-state index in [0.717, 1.165) is 22.3 Å². The van der Waals surface area contributed by atoms with E-state index in [1.165, 1.54) is 0 Å². The molecule has 0 atom stereocenters. The second-order valence-electron chi connectivity index (χ2n) is 6.22. The maximum atomic E-state index is 12.5. The van der Waals surface area contributed by atoms with E-state index >= 15 is 0 Å². The number of hydrogen-bond donors (Lipinski definition) is 1. The van der Waals surface area contributed by atoms with E-state index in [9.17, 15) is 9.59 Å². The molecule has 0 saturated carbocycles. The fraction of sp³-hybridized carbons (Fsp3) is 0.316. The average Bonchev–Trinajstić information content (AvgIpc) is 2.58. The molecule has 0 spiro atoms.